The molecule has 0 bridgehead atoms. The van der Waals surface area contributed by atoms with Gasteiger partial charge in [0.2, 0.25) is 5.91 Å². The van der Waals surface area contributed by atoms with Gasteiger partial charge in [-0.15, -0.1) is 0 Å². The molecule has 3 nitrogen and oxygen atoms in total. The van der Waals surface area contributed by atoms with Gasteiger partial charge in [-0.2, -0.15) is 0 Å². The molecule has 1 fully saturated rings. The Kier molecular flexibility index (Phi) is 6.69. The summed E-state index contributed by atoms with van der Waals surface area (Å²) in [6, 6.07) is 0. The number of carbonyl (C=O) groups excluding carboxylic acids is 1. The third kappa shape index (κ3) is 4.60. The molecule has 1 atom stereocenters. The fourth-order valence-electron chi connectivity index (χ4n) is 2.82. The van der Waals surface area contributed by atoms with Crippen LogP contribution < -0.4 is 0 Å². The molecule has 1 rings (SSSR count). The number of aliphatic hydroxyl groups is 1. The molecular formula is C15H29NO2. The second-order valence-electron chi connectivity index (χ2n) is 6.09. The summed E-state index contributed by atoms with van der Waals surface area (Å²) in [5.41, 5.74) is 0. The van der Waals surface area contributed by atoms with Gasteiger partial charge in [0.05, 0.1) is 12.5 Å². The Morgan fingerprint density at radius 2 is 1.89 bits per heavy atom. The molecule has 106 valence electrons. The zero-order valence-corrected chi connectivity index (χ0v) is 12.2. The summed E-state index contributed by atoms with van der Waals surface area (Å²) in [5.74, 6) is 0.880. The van der Waals surface area contributed by atoms with Gasteiger partial charge >= 0.3 is 0 Å². The van der Waals surface area contributed by atoms with Crippen LogP contribution in [0.25, 0.3) is 0 Å². The van der Waals surface area contributed by atoms with Gasteiger partial charge in [0, 0.05) is 13.6 Å². The van der Waals surface area contributed by atoms with Crippen LogP contribution >= 0.6 is 0 Å². The maximum Gasteiger partial charge on any atom is 0.228 e. The van der Waals surface area contributed by atoms with Crippen molar-refractivity contribution in [3.05, 3.63) is 0 Å². The van der Waals surface area contributed by atoms with Gasteiger partial charge < -0.3 is 10.0 Å². The molecule has 1 N–H and O–H groups in total. The van der Waals surface area contributed by atoms with Crippen LogP contribution in [0.1, 0.15) is 52.4 Å². The molecule has 0 aromatic carbocycles. The molecular weight excluding hydrogens is 226 g/mol. The molecule has 0 aromatic rings. The van der Waals surface area contributed by atoms with Crippen molar-refractivity contribution >= 4 is 5.91 Å². The lowest BCUT2D eigenvalue weighted by atomic mass is 9.87. The standard InChI is InChI=1S/C15H29NO2/c1-12(2)14(11-17)15(18)16(3)10-9-13-7-5-4-6-8-13/h12-14,17H,4-11H2,1-3H3. The second-order valence-corrected chi connectivity index (χ2v) is 6.09. The lowest BCUT2D eigenvalue weighted by Gasteiger charge is -2.28. The van der Waals surface area contributed by atoms with E-state index < -0.39 is 0 Å². The molecule has 1 saturated carbocycles. The molecule has 1 amide bonds. The summed E-state index contributed by atoms with van der Waals surface area (Å²) >= 11 is 0. The zero-order chi connectivity index (χ0) is 13.5. The third-order valence-corrected chi connectivity index (χ3v) is 4.29. The average molecular weight is 255 g/mol. The SMILES string of the molecule is CC(C)C(CO)C(=O)N(C)CCC1CCCCC1. The van der Waals surface area contributed by atoms with Crippen molar-refractivity contribution in [3.8, 4) is 0 Å². The number of rotatable bonds is 6. The Hall–Kier alpha value is -0.570. The Morgan fingerprint density at radius 3 is 2.39 bits per heavy atom. The number of amides is 1. The van der Waals surface area contributed by atoms with E-state index in [2.05, 4.69) is 0 Å². The highest BCUT2D eigenvalue weighted by atomic mass is 16.3. The number of aliphatic hydroxyl groups excluding tert-OH is 1. The lowest BCUT2D eigenvalue weighted by molar-refractivity contribution is -0.137. The molecule has 0 heterocycles. The van der Waals surface area contributed by atoms with Crippen LogP contribution in [-0.2, 0) is 4.79 Å². The second kappa shape index (κ2) is 7.78. The van der Waals surface area contributed by atoms with Gasteiger partial charge in [-0.25, -0.2) is 0 Å². The monoisotopic (exact) mass is 255 g/mol. The van der Waals surface area contributed by atoms with E-state index >= 15 is 0 Å². The molecule has 18 heavy (non-hydrogen) atoms. The lowest BCUT2D eigenvalue weighted by Crippen LogP contribution is -2.38. The maximum atomic E-state index is 12.2. The molecule has 0 radical (unpaired) electrons. The molecule has 1 aliphatic carbocycles. The van der Waals surface area contributed by atoms with Crippen LogP contribution in [0.2, 0.25) is 0 Å². The van der Waals surface area contributed by atoms with Gasteiger partial charge in [0.1, 0.15) is 0 Å². The number of carbonyl (C=O) groups is 1. The normalized spacial score (nSPS) is 18.9. The van der Waals surface area contributed by atoms with Crippen LogP contribution in [0.15, 0.2) is 0 Å². The average Bonchev–Trinajstić information content (AvgIpc) is 2.37. The van der Waals surface area contributed by atoms with Crippen molar-refractivity contribution in [2.45, 2.75) is 52.4 Å². The van der Waals surface area contributed by atoms with Gasteiger partial charge in [-0.1, -0.05) is 46.0 Å². The van der Waals surface area contributed by atoms with E-state index in [0.29, 0.717) is 0 Å². The van der Waals surface area contributed by atoms with Crippen LogP contribution in [0.3, 0.4) is 0 Å². The van der Waals surface area contributed by atoms with Crippen molar-refractivity contribution in [1.82, 2.24) is 4.90 Å². The fraction of sp³-hybridized carbons (Fsp3) is 0.933. The topological polar surface area (TPSA) is 40.5 Å². The van der Waals surface area contributed by atoms with Crippen molar-refractivity contribution < 1.29 is 9.90 Å². The first-order valence-electron chi connectivity index (χ1n) is 7.42. The summed E-state index contributed by atoms with van der Waals surface area (Å²) in [4.78, 5) is 14.0. The highest BCUT2D eigenvalue weighted by molar-refractivity contribution is 5.78. The van der Waals surface area contributed by atoms with Gasteiger partial charge in [0.15, 0.2) is 0 Å². The Labute approximate surface area is 112 Å². The fourth-order valence-corrected chi connectivity index (χ4v) is 2.82. The Morgan fingerprint density at radius 1 is 1.28 bits per heavy atom. The Balaban J connectivity index is 2.34. The summed E-state index contributed by atoms with van der Waals surface area (Å²) in [5, 5.41) is 9.29. The van der Waals surface area contributed by atoms with Gasteiger partial charge in [-0.05, 0) is 18.3 Å². The van der Waals surface area contributed by atoms with Crippen molar-refractivity contribution in [1.29, 1.82) is 0 Å². The van der Waals surface area contributed by atoms with Crippen LogP contribution in [-0.4, -0.2) is 36.1 Å². The molecule has 0 saturated heterocycles. The van der Waals surface area contributed by atoms with Crippen molar-refractivity contribution in [2.75, 3.05) is 20.2 Å². The smallest absolute Gasteiger partial charge is 0.228 e. The molecule has 0 aromatic heterocycles. The summed E-state index contributed by atoms with van der Waals surface area (Å²) in [6.07, 6.45) is 7.87. The molecule has 3 heteroatoms. The van der Waals surface area contributed by atoms with Crippen LogP contribution in [0, 0.1) is 17.8 Å². The van der Waals surface area contributed by atoms with Gasteiger partial charge in [-0.3, -0.25) is 4.79 Å². The maximum absolute atomic E-state index is 12.2. The summed E-state index contributed by atoms with van der Waals surface area (Å²) in [6.45, 7) is 4.79. The van der Waals surface area contributed by atoms with E-state index in [4.69, 9.17) is 0 Å². The Bertz CT molecular complexity index is 247. The zero-order valence-electron chi connectivity index (χ0n) is 12.2. The van der Waals surface area contributed by atoms with E-state index in [0.717, 1.165) is 18.9 Å². The number of nitrogens with zero attached hydrogens (tertiary/aromatic N) is 1. The first-order chi connectivity index (χ1) is 8.56. The minimum absolute atomic E-state index is 0.0374. The van der Waals surface area contributed by atoms with Crippen LogP contribution in [0.5, 0.6) is 0 Å². The highest BCUT2D eigenvalue weighted by Gasteiger charge is 2.24. The predicted molar refractivity (Wildman–Crippen MR) is 74.2 cm³/mol. The van der Waals surface area contributed by atoms with Crippen molar-refractivity contribution in [3.63, 3.8) is 0 Å². The minimum Gasteiger partial charge on any atom is -0.396 e. The molecule has 0 spiro atoms. The molecule has 0 aliphatic heterocycles. The van der Waals surface area contributed by atoms with E-state index in [1.807, 2.05) is 25.8 Å². The predicted octanol–water partition coefficient (Wildman–Crippen LogP) is 2.68. The third-order valence-electron chi connectivity index (χ3n) is 4.29. The molecule has 1 unspecified atom stereocenters. The summed E-state index contributed by atoms with van der Waals surface area (Å²) in [7, 11) is 1.87. The minimum atomic E-state index is -0.235. The van der Waals surface area contributed by atoms with E-state index in [9.17, 15) is 9.90 Å². The molecule has 1 aliphatic rings. The largest absolute Gasteiger partial charge is 0.396 e. The van der Waals surface area contributed by atoms with Crippen LogP contribution in [0.4, 0.5) is 0 Å². The van der Waals surface area contributed by atoms with E-state index in [1.165, 1.54) is 32.1 Å². The van der Waals surface area contributed by atoms with Gasteiger partial charge in [0.25, 0.3) is 0 Å². The van der Waals surface area contributed by atoms with E-state index in [1.54, 1.807) is 0 Å². The number of hydrogen-bond acceptors (Lipinski definition) is 2. The first-order valence-corrected chi connectivity index (χ1v) is 7.42. The quantitative estimate of drug-likeness (QED) is 0.792. The first kappa shape index (κ1) is 15.5. The summed E-state index contributed by atoms with van der Waals surface area (Å²) < 4.78 is 0. The van der Waals surface area contributed by atoms with Crippen molar-refractivity contribution in [2.24, 2.45) is 17.8 Å². The highest BCUT2D eigenvalue weighted by Crippen LogP contribution is 2.26. The number of hydrogen-bond donors (Lipinski definition) is 1. The van der Waals surface area contributed by atoms with E-state index in [-0.39, 0.29) is 24.3 Å².